The molecule has 0 unspecified atom stereocenters. The van der Waals surface area contributed by atoms with E-state index in [2.05, 4.69) is 15.0 Å². The first-order valence-electron chi connectivity index (χ1n) is 5.15. The number of fused-ring (bicyclic) bond motifs is 1. The Morgan fingerprint density at radius 2 is 2.18 bits per heavy atom. The Balaban J connectivity index is 2.20. The predicted octanol–water partition coefficient (Wildman–Crippen LogP) is 1.89. The van der Waals surface area contributed by atoms with Crippen molar-refractivity contribution >= 4 is 11.1 Å². The zero-order chi connectivity index (χ0) is 11.8. The van der Waals surface area contributed by atoms with Gasteiger partial charge in [0.1, 0.15) is 5.52 Å². The van der Waals surface area contributed by atoms with Crippen LogP contribution in [0.25, 0.3) is 22.4 Å². The molecular weight excluding hydrogens is 218 g/mol. The molecule has 0 aliphatic heterocycles. The van der Waals surface area contributed by atoms with Gasteiger partial charge >= 0.3 is 5.69 Å². The van der Waals surface area contributed by atoms with Crippen LogP contribution in [0.5, 0.6) is 0 Å². The van der Waals surface area contributed by atoms with Crippen LogP contribution in [0.4, 0.5) is 0 Å². The fourth-order valence-electron chi connectivity index (χ4n) is 1.74. The Bertz CT molecular complexity index is 743. The minimum Gasteiger partial charge on any atom is -0.441 e. The van der Waals surface area contributed by atoms with E-state index >= 15 is 0 Å². The predicted molar refractivity (Wildman–Crippen MR) is 62.6 cm³/mol. The van der Waals surface area contributed by atoms with Crippen LogP contribution >= 0.6 is 0 Å². The molecule has 3 rings (SSSR count). The highest BCUT2D eigenvalue weighted by Gasteiger charge is 2.05. The summed E-state index contributed by atoms with van der Waals surface area (Å²) >= 11 is 0. The van der Waals surface area contributed by atoms with Gasteiger partial charge in [-0.3, -0.25) is 0 Å². The number of aryl methyl sites for hydroxylation is 1. The lowest BCUT2D eigenvalue weighted by molar-refractivity contribution is 0.561. The van der Waals surface area contributed by atoms with Crippen molar-refractivity contribution in [3.8, 4) is 11.3 Å². The Hall–Kier alpha value is -2.43. The quantitative estimate of drug-likeness (QED) is 0.689. The molecule has 0 spiro atoms. The van der Waals surface area contributed by atoms with Gasteiger partial charge in [0.15, 0.2) is 11.5 Å². The summed E-state index contributed by atoms with van der Waals surface area (Å²) in [6.07, 6.45) is 1.48. The van der Waals surface area contributed by atoms with Crippen LogP contribution in [0.2, 0.25) is 0 Å². The number of rotatable bonds is 1. The van der Waals surface area contributed by atoms with Gasteiger partial charge in [0.25, 0.3) is 0 Å². The zero-order valence-corrected chi connectivity index (χ0v) is 9.10. The molecule has 1 N–H and O–H groups in total. The molecular formula is C12H9N3O2. The summed E-state index contributed by atoms with van der Waals surface area (Å²) in [5, 5.41) is 0. The average Bonchev–Trinajstić information content (AvgIpc) is 2.68. The molecule has 17 heavy (non-hydrogen) atoms. The van der Waals surface area contributed by atoms with Crippen LogP contribution < -0.4 is 5.69 Å². The number of benzene rings is 1. The van der Waals surface area contributed by atoms with Crippen molar-refractivity contribution in [2.75, 3.05) is 0 Å². The number of oxazole rings is 1. The molecule has 0 atom stereocenters. The zero-order valence-electron chi connectivity index (χ0n) is 9.10. The van der Waals surface area contributed by atoms with E-state index in [-0.39, 0.29) is 5.69 Å². The molecule has 0 saturated carbocycles. The monoisotopic (exact) mass is 227 g/mol. The van der Waals surface area contributed by atoms with Crippen LogP contribution in [0.15, 0.2) is 39.7 Å². The van der Waals surface area contributed by atoms with Gasteiger partial charge in [0.2, 0.25) is 0 Å². The summed E-state index contributed by atoms with van der Waals surface area (Å²) in [5.74, 6) is 0.625. The van der Waals surface area contributed by atoms with Crippen molar-refractivity contribution in [3.05, 3.63) is 46.8 Å². The minimum atomic E-state index is -0.364. The third-order valence-corrected chi connectivity index (χ3v) is 2.48. The van der Waals surface area contributed by atoms with Gasteiger partial charge in [-0.2, -0.15) is 0 Å². The van der Waals surface area contributed by atoms with Crippen molar-refractivity contribution < 1.29 is 4.42 Å². The largest absolute Gasteiger partial charge is 0.441 e. The number of H-pyrrole nitrogens is 1. The molecule has 0 radical (unpaired) electrons. The maximum Gasteiger partial charge on any atom is 0.345 e. The third-order valence-electron chi connectivity index (χ3n) is 2.48. The highest BCUT2D eigenvalue weighted by Crippen LogP contribution is 2.22. The molecule has 3 aromatic rings. The number of aromatic nitrogens is 3. The summed E-state index contributed by atoms with van der Waals surface area (Å²) in [4.78, 5) is 21.6. The van der Waals surface area contributed by atoms with Crippen LogP contribution in [0.1, 0.15) is 5.89 Å². The van der Waals surface area contributed by atoms with E-state index in [1.54, 1.807) is 13.0 Å². The second-order valence-electron chi connectivity index (χ2n) is 3.70. The summed E-state index contributed by atoms with van der Waals surface area (Å²) < 4.78 is 5.44. The summed E-state index contributed by atoms with van der Waals surface area (Å²) in [6, 6.07) is 7.34. The van der Waals surface area contributed by atoms with Gasteiger partial charge in [-0.25, -0.2) is 14.8 Å². The van der Waals surface area contributed by atoms with E-state index < -0.39 is 0 Å². The van der Waals surface area contributed by atoms with E-state index in [1.165, 1.54) is 6.20 Å². The van der Waals surface area contributed by atoms with Gasteiger partial charge < -0.3 is 9.40 Å². The summed E-state index contributed by atoms with van der Waals surface area (Å²) in [5.41, 5.74) is 2.73. The van der Waals surface area contributed by atoms with Crippen LogP contribution in [0.3, 0.4) is 0 Å². The van der Waals surface area contributed by atoms with Crippen molar-refractivity contribution in [2.45, 2.75) is 6.92 Å². The van der Waals surface area contributed by atoms with E-state index in [0.717, 1.165) is 11.1 Å². The minimum absolute atomic E-state index is 0.364. The Morgan fingerprint density at radius 3 is 3.00 bits per heavy atom. The van der Waals surface area contributed by atoms with Gasteiger partial charge in [0.05, 0.1) is 5.69 Å². The molecule has 2 heterocycles. The van der Waals surface area contributed by atoms with E-state index in [4.69, 9.17) is 4.42 Å². The average molecular weight is 227 g/mol. The van der Waals surface area contributed by atoms with Gasteiger partial charge in [-0.1, -0.05) is 6.07 Å². The lowest BCUT2D eigenvalue weighted by Crippen LogP contribution is -2.09. The van der Waals surface area contributed by atoms with E-state index in [1.807, 2.05) is 18.2 Å². The first-order valence-corrected chi connectivity index (χ1v) is 5.15. The molecule has 0 saturated heterocycles. The smallest absolute Gasteiger partial charge is 0.345 e. The second kappa shape index (κ2) is 3.55. The van der Waals surface area contributed by atoms with E-state index in [9.17, 15) is 4.79 Å². The van der Waals surface area contributed by atoms with Crippen molar-refractivity contribution in [1.82, 2.24) is 15.0 Å². The molecule has 84 valence electrons. The molecule has 5 nitrogen and oxygen atoms in total. The summed E-state index contributed by atoms with van der Waals surface area (Å²) in [6.45, 7) is 1.80. The molecule has 0 fully saturated rings. The third kappa shape index (κ3) is 1.71. The number of nitrogens with one attached hydrogen (secondary N) is 1. The fraction of sp³-hybridized carbons (Fsp3) is 0.0833. The van der Waals surface area contributed by atoms with Gasteiger partial charge in [-0.15, -0.1) is 0 Å². The first-order chi connectivity index (χ1) is 8.22. The van der Waals surface area contributed by atoms with Crippen LogP contribution in [0, 0.1) is 6.92 Å². The second-order valence-corrected chi connectivity index (χ2v) is 3.70. The number of hydrogen-bond donors (Lipinski definition) is 1. The van der Waals surface area contributed by atoms with Crippen molar-refractivity contribution in [1.29, 1.82) is 0 Å². The highest BCUT2D eigenvalue weighted by molar-refractivity contribution is 5.79. The molecule has 2 aromatic heterocycles. The van der Waals surface area contributed by atoms with Gasteiger partial charge in [0, 0.05) is 18.7 Å². The highest BCUT2D eigenvalue weighted by atomic mass is 16.3. The molecule has 0 aliphatic carbocycles. The SMILES string of the molecule is Cc1nc2ccc(-c3ccnc(=O)[nH]3)cc2o1. The lowest BCUT2D eigenvalue weighted by atomic mass is 10.1. The molecule has 0 bridgehead atoms. The van der Waals surface area contributed by atoms with Crippen LogP contribution in [-0.4, -0.2) is 15.0 Å². The molecule has 0 aliphatic rings. The normalized spacial score (nSPS) is 10.9. The van der Waals surface area contributed by atoms with Crippen molar-refractivity contribution in [2.24, 2.45) is 0 Å². The standard InChI is InChI=1S/C12H9N3O2/c1-7-14-10-3-2-8(6-11(10)17-7)9-4-5-13-12(16)15-9/h2-6H,1H3,(H,13,15,16). The Kier molecular flexibility index (Phi) is 2.04. The Labute approximate surface area is 96.1 Å². The van der Waals surface area contributed by atoms with Crippen molar-refractivity contribution in [3.63, 3.8) is 0 Å². The van der Waals surface area contributed by atoms with Crippen LogP contribution in [-0.2, 0) is 0 Å². The number of nitrogens with zero attached hydrogens (tertiary/aromatic N) is 2. The molecule has 1 aromatic carbocycles. The Morgan fingerprint density at radius 1 is 1.29 bits per heavy atom. The van der Waals surface area contributed by atoms with E-state index in [0.29, 0.717) is 17.2 Å². The fourth-order valence-corrected chi connectivity index (χ4v) is 1.74. The van der Waals surface area contributed by atoms with Gasteiger partial charge in [-0.05, 0) is 18.2 Å². The number of hydrogen-bond acceptors (Lipinski definition) is 4. The number of aromatic amines is 1. The lowest BCUT2D eigenvalue weighted by Gasteiger charge is -1.99. The topological polar surface area (TPSA) is 71.8 Å². The maximum atomic E-state index is 11.1. The molecule has 0 amide bonds. The first kappa shape index (κ1) is 9.77. The molecule has 5 heteroatoms. The maximum absolute atomic E-state index is 11.1. The summed E-state index contributed by atoms with van der Waals surface area (Å²) in [7, 11) is 0.